The van der Waals surface area contributed by atoms with E-state index in [0.29, 0.717) is 12.0 Å². The van der Waals surface area contributed by atoms with Crippen molar-refractivity contribution in [2.45, 2.75) is 45.3 Å². The van der Waals surface area contributed by atoms with Crippen LogP contribution in [0.3, 0.4) is 0 Å². The highest BCUT2D eigenvalue weighted by atomic mass is 127. The van der Waals surface area contributed by atoms with E-state index in [4.69, 9.17) is 4.74 Å². The van der Waals surface area contributed by atoms with Gasteiger partial charge in [-0.1, -0.05) is 18.2 Å². The maximum Gasteiger partial charge on any atom is 0.325 e. The molecule has 1 aliphatic rings. The molecular formula is C19H31IN4O2. The average Bonchev–Trinajstić information content (AvgIpc) is 2.58. The normalized spacial score (nSPS) is 15.8. The van der Waals surface area contributed by atoms with Crippen molar-refractivity contribution in [1.29, 1.82) is 0 Å². The van der Waals surface area contributed by atoms with Crippen LogP contribution < -0.4 is 15.5 Å². The van der Waals surface area contributed by atoms with Gasteiger partial charge in [-0.3, -0.25) is 9.79 Å². The van der Waals surface area contributed by atoms with Crippen molar-refractivity contribution < 1.29 is 9.53 Å². The molecule has 1 fully saturated rings. The van der Waals surface area contributed by atoms with Crippen LogP contribution in [0.2, 0.25) is 0 Å². The molecule has 146 valence electrons. The molecule has 0 amide bonds. The molecule has 0 aromatic heterocycles. The molecule has 7 heteroatoms. The first-order chi connectivity index (χ1) is 11.9. The molecule has 2 N–H and O–H groups in total. The number of nitrogens with one attached hydrogen (secondary N) is 2. The first-order valence-electron chi connectivity index (χ1n) is 8.86. The zero-order chi connectivity index (χ0) is 18.3. The van der Waals surface area contributed by atoms with E-state index < -0.39 is 5.60 Å². The van der Waals surface area contributed by atoms with Crippen LogP contribution in [-0.4, -0.2) is 50.3 Å². The minimum absolute atomic E-state index is 0. The van der Waals surface area contributed by atoms with Crippen molar-refractivity contribution in [3.8, 4) is 0 Å². The minimum atomic E-state index is -0.472. The van der Waals surface area contributed by atoms with E-state index in [9.17, 15) is 4.79 Å². The van der Waals surface area contributed by atoms with E-state index in [1.54, 1.807) is 7.05 Å². The van der Waals surface area contributed by atoms with Gasteiger partial charge in [0.15, 0.2) is 5.96 Å². The highest BCUT2D eigenvalue weighted by molar-refractivity contribution is 14.0. The van der Waals surface area contributed by atoms with Crippen LogP contribution >= 0.6 is 24.0 Å². The Kier molecular flexibility index (Phi) is 9.18. The number of carbonyl (C=O) groups is 1. The number of carbonyl (C=O) groups excluding carboxylic acids is 1. The average molecular weight is 474 g/mol. The number of hydrogen-bond donors (Lipinski definition) is 2. The first kappa shape index (κ1) is 22.5. The summed E-state index contributed by atoms with van der Waals surface area (Å²) in [4.78, 5) is 18.4. The van der Waals surface area contributed by atoms with Crippen molar-refractivity contribution in [2.75, 3.05) is 31.6 Å². The summed E-state index contributed by atoms with van der Waals surface area (Å²) in [6.45, 7) is 7.70. The lowest BCUT2D eigenvalue weighted by molar-refractivity contribution is -0.153. The molecule has 1 aliphatic heterocycles. The molecule has 1 aromatic rings. The third-order valence-electron chi connectivity index (χ3n) is 4.00. The lowest BCUT2D eigenvalue weighted by atomic mass is 10.0. The summed E-state index contributed by atoms with van der Waals surface area (Å²) < 4.78 is 5.29. The predicted molar refractivity (Wildman–Crippen MR) is 117 cm³/mol. The van der Waals surface area contributed by atoms with Crippen LogP contribution in [-0.2, 0) is 9.53 Å². The van der Waals surface area contributed by atoms with E-state index in [1.165, 1.54) is 5.69 Å². The Labute approximate surface area is 173 Å². The van der Waals surface area contributed by atoms with E-state index in [0.717, 1.165) is 25.9 Å². The maximum atomic E-state index is 11.8. The summed E-state index contributed by atoms with van der Waals surface area (Å²) in [5.41, 5.74) is 0.799. The van der Waals surface area contributed by atoms with Gasteiger partial charge in [0.1, 0.15) is 12.1 Å². The number of esters is 1. The van der Waals surface area contributed by atoms with Crippen LogP contribution in [0.15, 0.2) is 35.3 Å². The second-order valence-corrected chi connectivity index (χ2v) is 7.25. The number of piperidine rings is 1. The van der Waals surface area contributed by atoms with Gasteiger partial charge in [0, 0.05) is 31.9 Å². The molecule has 1 aromatic carbocycles. The number of para-hydroxylation sites is 1. The molecule has 0 atom stereocenters. The maximum absolute atomic E-state index is 11.8. The molecule has 0 spiro atoms. The number of rotatable bonds is 4. The fraction of sp³-hybridized carbons (Fsp3) is 0.579. The van der Waals surface area contributed by atoms with Crippen molar-refractivity contribution >= 4 is 41.6 Å². The van der Waals surface area contributed by atoms with E-state index in [1.807, 2.05) is 26.8 Å². The zero-order valence-electron chi connectivity index (χ0n) is 16.1. The van der Waals surface area contributed by atoms with E-state index in [2.05, 4.69) is 44.8 Å². The Hall–Kier alpha value is -1.51. The van der Waals surface area contributed by atoms with Crippen molar-refractivity contribution in [3.05, 3.63) is 30.3 Å². The number of aliphatic imine (C=N–C) groups is 1. The Balaban J connectivity index is 0.00000338. The number of nitrogens with zero attached hydrogens (tertiary/aromatic N) is 2. The van der Waals surface area contributed by atoms with Crippen LogP contribution in [0, 0.1) is 0 Å². The van der Waals surface area contributed by atoms with Gasteiger partial charge in [0.05, 0.1) is 0 Å². The molecule has 0 unspecified atom stereocenters. The monoisotopic (exact) mass is 474 g/mol. The van der Waals surface area contributed by atoms with E-state index >= 15 is 0 Å². The SMILES string of the molecule is CN=C(NCC(=O)OC(C)(C)C)NC1CCN(c2ccccc2)CC1.I. The van der Waals surface area contributed by atoms with Gasteiger partial charge < -0.3 is 20.3 Å². The number of guanidine groups is 1. The largest absolute Gasteiger partial charge is 0.459 e. The fourth-order valence-electron chi connectivity index (χ4n) is 2.84. The standard InChI is InChI=1S/C19H30N4O2.HI/c1-19(2,3)25-17(24)14-21-18(20-4)22-15-10-12-23(13-11-15)16-8-6-5-7-9-16;/h5-9,15H,10-14H2,1-4H3,(H2,20,21,22);1H. The lowest BCUT2D eigenvalue weighted by Crippen LogP contribution is -2.49. The van der Waals surface area contributed by atoms with Gasteiger partial charge in [-0.15, -0.1) is 24.0 Å². The molecule has 6 nitrogen and oxygen atoms in total. The zero-order valence-corrected chi connectivity index (χ0v) is 18.4. The Morgan fingerprint density at radius 1 is 1.23 bits per heavy atom. The quantitative estimate of drug-likeness (QED) is 0.304. The first-order valence-corrected chi connectivity index (χ1v) is 8.86. The molecule has 0 radical (unpaired) electrons. The van der Waals surface area contributed by atoms with Gasteiger partial charge in [0.25, 0.3) is 0 Å². The molecule has 0 saturated carbocycles. The van der Waals surface area contributed by atoms with Crippen LogP contribution in [0.5, 0.6) is 0 Å². The molecule has 1 heterocycles. The fourth-order valence-corrected chi connectivity index (χ4v) is 2.84. The van der Waals surface area contributed by atoms with Crippen LogP contribution in [0.1, 0.15) is 33.6 Å². The highest BCUT2D eigenvalue weighted by Gasteiger charge is 2.21. The van der Waals surface area contributed by atoms with Gasteiger partial charge in [-0.2, -0.15) is 0 Å². The van der Waals surface area contributed by atoms with Crippen LogP contribution in [0.4, 0.5) is 5.69 Å². The Bertz CT molecular complexity index is 579. The second kappa shape index (κ2) is 10.6. The Morgan fingerprint density at radius 2 is 1.85 bits per heavy atom. The summed E-state index contributed by atoms with van der Waals surface area (Å²) in [7, 11) is 1.71. The molecule has 2 rings (SSSR count). The third kappa shape index (κ3) is 7.80. The topological polar surface area (TPSA) is 66.0 Å². The number of ether oxygens (including phenoxy) is 1. The second-order valence-electron chi connectivity index (χ2n) is 7.25. The summed E-state index contributed by atoms with van der Waals surface area (Å²) >= 11 is 0. The van der Waals surface area contributed by atoms with Crippen molar-refractivity contribution in [2.24, 2.45) is 4.99 Å². The van der Waals surface area contributed by atoms with Crippen molar-refractivity contribution in [3.63, 3.8) is 0 Å². The van der Waals surface area contributed by atoms with Gasteiger partial charge in [-0.05, 0) is 45.7 Å². The minimum Gasteiger partial charge on any atom is -0.459 e. The molecule has 0 bridgehead atoms. The number of benzene rings is 1. The van der Waals surface area contributed by atoms with E-state index in [-0.39, 0.29) is 36.5 Å². The number of halogens is 1. The summed E-state index contributed by atoms with van der Waals surface area (Å²) in [6, 6.07) is 10.8. The highest BCUT2D eigenvalue weighted by Crippen LogP contribution is 2.19. The molecule has 26 heavy (non-hydrogen) atoms. The van der Waals surface area contributed by atoms with Gasteiger partial charge in [-0.25, -0.2) is 0 Å². The van der Waals surface area contributed by atoms with Crippen molar-refractivity contribution in [1.82, 2.24) is 10.6 Å². The summed E-state index contributed by atoms with van der Waals surface area (Å²) in [5.74, 6) is 0.360. The lowest BCUT2D eigenvalue weighted by Gasteiger charge is -2.34. The third-order valence-corrected chi connectivity index (χ3v) is 4.00. The molecular weight excluding hydrogens is 443 g/mol. The summed E-state index contributed by atoms with van der Waals surface area (Å²) in [6.07, 6.45) is 2.06. The Morgan fingerprint density at radius 3 is 2.38 bits per heavy atom. The smallest absolute Gasteiger partial charge is 0.325 e. The van der Waals surface area contributed by atoms with Gasteiger partial charge >= 0.3 is 5.97 Å². The molecule has 0 aliphatic carbocycles. The predicted octanol–water partition coefficient (Wildman–Crippen LogP) is 2.78. The number of hydrogen-bond acceptors (Lipinski definition) is 4. The summed E-state index contributed by atoms with van der Waals surface area (Å²) in [5, 5.41) is 6.43. The van der Waals surface area contributed by atoms with Crippen LogP contribution in [0.25, 0.3) is 0 Å². The van der Waals surface area contributed by atoms with Gasteiger partial charge in [0.2, 0.25) is 0 Å². The number of anilines is 1. The molecule has 1 saturated heterocycles.